The van der Waals surface area contributed by atoms with Crippen LogP contribution in [0.3, 0.4) is 0 Å². The van der Waals surface area contributed by atoms with Crippen molar-refractivity contribution < 1.29 is 9.53 Å². The molecule has 0 saturated heterocycles. The number of nitrogens with zero attached hydrogens (tertiary/aromatic N) is 2. The van der Waals surface area contributed by atoms with Crippen molar-refractivity contribution in [1.82, 2.24) is 4.98 Å². The molecule has 0 amide bonds. The summed E-state index contributed by atoms with van der Waals surface area (Å²) in [6.07, 6.45) is 5.25. The molecule has 2 aromatic heterocycles. The molecule has 2 heterocycles. The zero-order valence-electron chi connectivity index (χ0n) is 15.0. The van der Waals surface area contributed by atoms with Gasteiger partial charge in [-0.05, 0) is 54.9 Å². The predicted molar refractivity (Wildman–Crippen MR) is 98.7 cm³/mol. The molecule has 4 nitrogen and oxygen atoms in total. The molecule has 1 aliphatic rings. The first-order valence-electron chi connectivity index (χ1n) is 8.26. The summed E-state index contributed by atoms with van der Waals surface area (Å²) in [6.45, 7) is 6.91. The summed E-state index contributed by atoms with van der Waals surface area (Å²) in [5.74, 6) is 0.475. The molecule has 5 heteroatoms. The Kier molecular flexibility index (Phi) is 4.38. The van der Waals surface area contributed by atoms with E-state index < -0.39 is 0 Å². The number of aromatic nitrogens is 1. The van der Waals surface area contributed by atoms with Crippen LogP contribution in [0.4, 0.5) is 10.8 Å². The number of pyridine rings is 1. The van der Waals surface area contributed by atoms with Crippen LogP contribution in [0.1, 0.15) is 53.1 Å². The minimum Gasteiger partial charge on any atom is -0.465 e. The highest BCUT2D eigenvalue weighted by Gasteiger charge is 2.33. The van der Waals surface area contributed by atoms with Crippen LogP contribution in [0.25, 0.3) is 0 Å². The lowest BCUT2D eigenvalue weighted by Crippen LogP contribution is -2.23. The fourth-order valence-electron chi connectivity index (χ4n) is 3.68. The molecule has 0 bridgehead atoms. The highest BCUT2D eigenvalue weighted by molar-refractivity contribution is 7.16. The third-order valence-corrected chi connectivity index (χ3v) is 6.32. The van der Waals surface area contributed by atoms with Gasteiger partial charge in [0.05, 0.1) is 17.7 Å². The number of esters is 1. The number of ether oxygens (including phenoxy) is 1. The van der Waals surface area contributed by atoms with Crippen molar-refractivity contribution in [3.05, 3.63) is 39.9 Å². The van der Waals surface area contributed by atoms with E-state index in [4.69, 9.17) is 4.74 Å². The first-order chi connectivity index (χ1) is 11.3. The van der Waals surface area contributed by atoms with Gasteiger partial charge in [-0.2, -0.15) is 0 Å². The summed E-state index contributed by atoms with van der Waals surface area (Å²) < 4.78 is 4.73. The lowest BCUT2D eigenvalue weighted by Gasteiger charge is -2.31. The van der Waals surface area contributed by atoms with Gasteiger partial charge in [-0.1, -0.05) is 13.8 Å². The highest BCUT2D eigenvalue weighted by atomic mass is 32.1. The van der Waals surface area contributed by atoms with Crippen molar-refractivity contribution in [2.45, 2.75) is 45.4 Å². The number of aryl methyl sites for hydroxylation is 1. The standard InChI is InChI=1S/C19H24N2O2S/c1-12-16-14(7-6-10-19(16,2)3)24-17(12)21(4)15-9-8-13(11-20-15)18(22)23-5/h8-9,11H,6-7,10H2,1-5H3. The lowest BCUT2D eigenvalue weighted by molar-refractivity contribution is 0.0600. The van der Waals surface area contributed by atoms with Crippen LogP contribution in [-0.2, 0) is 16.6 Å². The third-order valence-electron chi connectivity index (χ3n) is 4.89. The van der Waals surface area contributed by atoms with E-state index in [0.29, 0.717) is 5.56 Å². The predicted octanol–water partition coefficient (Wildman–Crippen LogP) is 4.62. The molecule has 128 valence electrons. The van der Waals surface area contributed by atoms with Crippen LogP contribution in [0.5, 0.6) is 0 Å². The summed E-state index contributed by atoms with van der Waals surface area (Å²) in [7, 11) is 3.42. The largest absolute Gasteiger partial charge is 0.465 e. The van der Waals surface area contributed by atoms with E-state index in [1.165, 1.54) is 47.4 Å². The van der Waals surface area contributed by atoms with E-state index in [1.54, 1.807) is 12.3 Å². The average Bonchev–Trinajstić information content (AvgIpc) is 2.91. The Morgan fingerprint density at radius 1 is 1.38 bits per heavy atom. The number of rotatable bonds is 3. The van der Waals surface area contributed by atoms with Crippen molar-refractivity contribution in [2.75, 3.05) is 19.1 Å². The zero-order chi connectivity index (χ0) is 17.5. The minimum atomic E-state index is -0.360. The summed E-state index contributed by atoms with van der Waals surface area (Å²) in [5.41, 5.74) is 3.60. The fraction of sp³-hybridized carbons (Fsp3) is 0.474. The Morgan fingerprint density at radius 3 is 2.71 bits per heavy atom. The summed E-state index contributed by atoms with van der Waals surface area (Å²) in [4.78, 5) is 19.6. The van der Waals surface area contributed by atoms with Gasteiger partial charge in [0.1, 0.15) is 5.82 Å². The van der Waals surface area contributed by atoms with Crippen LogP contribution < -0.4 is 4.90 Å². The van der Waals surface area contributed by atoms with Crippen LogP contribution in [0, 0.1) is 6.92 Å². The second kappa shape index (κ2) is 6.20. The van der Waals surface area contributed by atoms with Crippen LogP contribution in [0.15, 0.2) is 18.3 Å². The fourth-order valence-corrected chi connectivity index (χ4v) is 5.18. The van der Waals surface area contributed by atoms with Gasteiger partial charge in [0.2, 0.25) is 0 Å². The maximum absolute atomic E-state index is 11.5. The van der Waals surface area contributed by atoms with Crippen LogP contribution in [-0.4, -0.2) is 25.1 Å². The monoisotopic (exact) mass is 344 g/mol. The van der Waals surface area contributed by atoms with Gasteiger partial charge in [0.25, 0.3) is 0 Å². The van der Waals surface area contributed by atoms with Crippen LogP contribution >= 0.6 is 11.3 Å². The molecule has 0 N–H and O–H groups in total. The molecule has 0 saturated carbocycles. The van der Waals surface area contributed by atoms with Gasteiger partial charge in [0, 0.05) is 18.1 Å². The first-order valence-corrected chi connectivity index (χ1v) is 9.07. The van der Waals surface area contributed by atoms with Crippen molar-refractivity contribution in [3.63, 3.8) is 0 Å². The quantitative estimate of drug-likeness (QED) is 0.762. The highest BCUT2D eigenvalue weighted by Crippen LogP contribution is 2.47. The first kappa shape index (κ1) is 17.0. The van der Waals surface area contributed by atoms with Gasteiger partial charge in [0.15, 0.2) is 0 Å². The maximum atomic E-state index is 11.5. The summed E-state index contributed by atoms with van der Waals surface area (Å²) in [6, 6.07) is 3.63. The average molecular weight is 344 g/mol. The Morgan fingerprint density at radius 2 is 2.12 bits per heavy atom. The molecule has 0 atom stereocenters. The molecular formula is C19H24N2O2S. The molecule has 0 aliphatic heterocycles. The number of anilines is 2. The Balaban J connectivity index is 1.95. The van der Waals surface area contributed by atoms with Gasteiger partial charge in [-0.15, -0.1) is 11.3 Å². The zero-order valence-corrected chi connectivity index (χ0v) is 15.8. The van der Waals surface area contributed by atoms with E-state index >= 15 is 0 Å². The number of hydrogen-bond acceptors (Lipinski definition) is 5. The Bertz CT molecular complexity index is 762. The van der Waals surface area contributed by atoms with Crippen molar-refractivity contribution in [3.8, 4) is 0 Å². The second-order valence-electron chi connectivity index (χ2n) is 7.02. The van der Waals surface area contributed by atoms with E-state index in [9.17, 15) is 4.79 Å². The molecule has 0 unspecified atom stereocenters. The van der Waals surface area contributed by atoms with Gasteiger partial charge < -0.3 is 9.64 Å². The Hall–Kier alpha value is -1.88. The number of fused-ring (bicyclic) bond motifs is 1. The van der Waals surface area contributed by atoms with Crippen LogP contribution in [0.2, 0.25) is 0 Å². The topological polar surface area (TPSA) is 42.4 Å². The normalized spacial score (nSPS) is 15.7. The number of methoxy groups -OCH3 is 1. The number of thiophene rings is 1. The van der Waals surface area contributed by atoms with Crippen molar-refractivity contribution in [2.24, 2.45) is 0 Å². The summed E-state index contributed by atoms with van der Waals surface area (Å²) in [5, 5.41) is 1.24. The maximum Gasteiger partial charge on any atom is 0.339 e. The van der Waals surface area contributed by atoms with Gasteiger partial charge in [-0.3, -0.25) is 0 Å². The van der Waals surface area contributed by atoms with Crippen molar-refractivity contribution >= 4 is 28.1 Å². The van der Waals surface area contributed by atoms with Gasteiger partial charge in [-0.25, -0.2) is 9.78 Å². The van der Waals surface area contributed by atoms with E-state index in [2.05, 4.69) is 30.7 Å². The lowest BCUT2D eigenvalue weighted by atomic mass is 9.74. The molecule has 0 spiro atoms. The van der Waals surface area contributed by atoms with E-state index in [1.807, 2.05) is 24.5 Å². The van der Waals surface area contributed by atoms with E-state index in [0.717, 1.165) is 5.82 Å². The molecule has 2 aromatic rings. The number of carbonyl (C=O) groups excluding carboxylic acids is 1. The Labute approximate surface area is 147 Å². The smallest absolute Gasteiger partial charge is 0.339 e. The number of hydrogen-bond donors (Lipinski definition) is 0. The molecule has 0 radical (unpaired) electrons. The molecule has 0 aromatic carbocycles. The number of carbonyl (C=O) groups is 1. The molecule has 24 heavy (non-hydrogen) atoms. The van der Waals surface area contributed by atoms with E-state index in [-0.39, 0.29) is 11.4 Å². The van der Waals surface area contributed by atoms with Gasteiger partial charge >= 0.3 is 5.97 Å². The molecular weight excluding hydrogens is 320 g/mol. The molecule has 0 fully saturated rings. The third kappa shape index (κ3) is 2.81. The SMILES string of the molecule is COC(=O)c1ccc(N(C)c2sc3c(c2C)C(C)(C)CCC3)nc1. The second-order valence-corrected chi connectivity index (χ2v) is 8.11. The molecule has 1 aliphatic carbocycles. The molecule has 3 rings (SSSR count). The van der Waals surface area contributed by atoms with Crippen molar-refractivity contribution in [1.29, 1.82) is 0 Å². The summed E-state index contributed by atoms with van der Waals surface area (Å²) >= 11 is 1.88. The minimum absolute atomic E-state index is 0.245.